The van der Waals surface area contributed by atoms with Crippen molar-refractivity contribution in [1.29, 1.82) is 0 Å². The Hall–Kier alpha value is -1.94. The Morgan fingerprint density at radius 1 is 0.950 bits per heavy atom. The van der Waals surface area contributed by atoms with Gasteiger partial charge in [0.05, 0.1) is 9.99 Å². The Labute approximate surface area is 126 Å². The first kappa shape index (κ1) is 13.1. The highest BCUT2D eigenvalue weighted by molar-refractivity contribution is 9.10. The summed E-state index contributed by atoms with van der Waals surface area (Å²) in [5.41, 5.74) is 2.33. The van der Waals surface area contributed by atoms with Gasteiger partial charge in [-0.25, -0.2) is 4.98 Å². The number of rotatable bonds is 4. The summed E-state index contributed by atoms with van der Waals surface area (Å²) < 4.78 is 0.982. The number of halogens is 1. The summed E-state index contributed by atoms with van der Waals surface area (Å²) in [5, 5.41) is 4.52. The van der Waals surface area contributed by atoms with Crippen LogP contribution in [0.15, 0.2) is 59.3 Å². The Morgan fingerprint density at radius 3 is 2.65 bits per heavy atom. The van der Waals surface area contributed by atoms with E-state index in [1.807, 2.05) is 24.4 Å². The van der Waals surface area contributed by atoms with Gasteiger partial charge in [-0.3, -0.25) is 4.98 Å². The Morgan fingerprint density at radius 2 is 1.75 bits per heavy atom. The number of aromatic nitrogens is 2. The molecule has 3 aromatic rings. The highest BCUT2D eigenvalue weighted by Crippen LogP contribution is 2.19. The fraction of sp³-hybridized carbons (Fsp3) is 0.125. The number of fused-ring (bicyclic) bond motifs is 1. The highest BCUT2D eigenvalue weighted by Gasteiger charge is 2.03. The maximum Gasteiger partial charge on any atom is 0.140 e. The number of nitrogens with one attached hydrogen (secondary N) is 1. The summed E-state index contributed by atoms with van der Waals surface area (Å²) in [5.74, 6) is 0.876. The van der Waals surface area contributed by atoms with Gasteiger partial charge < -0.3 is 5.32 Å². The second kappa shape index (κ2) is 6.01. The lowest BCUT2D eigenvalue weighted by atomic mass is 10.1. The van der Waals surface area contributed by atoms with Crippen molar-refractivity contribution in [3.05, 3.63) is 64.9 Å². The van der Waals surface area contributed by atoms with Crippen molar-refractivity contribution in [2.24, 2.45) is 0 Å². The van der Waals surface area contributed by atoms with Crippen LogP contribution in [0.5, 0.6) is 0 Å². The number of para-hydroxylation sites is 1. The van der Waals surface area contributed by atoms with Crippen LogP contribution in [-0.4, -0.2) is 16.5 Å². The molecular weight excluding hydrogens is 314 g/mol. The first-order valence-electron chi connectivity index (χ1n) is 6.51. The molecular formula is C16H14BrN3. The minimum Gasteiger partial charge on any atom is -0.369 e. The van der Waals surface area contributed by atoms with Gasteiger partial charge in [0.25, 0.3) is 0 Å². The van der Waals surface area contributed by atoms with Crippen molar-refractivity contribution >= 4 is 32.7 Å². The molecule has 3 rings (SSSR count). The van der Waals surface area contributed by atoms with Gasteiger partial charge in [0.1, 0.15) is 5.82 Å². The molecule has 20 heavy (non-hydrogen) atoms. The molecule has 2 aromatic heterocycles. The molecule has 0 unspecified atom stereocenters. The number of hydrogen-bond donors (Lipinski definition) is 1. The fourth-order valence-electron chi connectivity index (χ4n) is 2.20. The number of nitrogens with zero attached hydrogens (tertiary/aromatic N) is 2. The number of pyridine rings is 2. The third-order valence-electron chi connectivity index (χ3n) is 3.16. The van der Waals surface area contributed by atoms with E-state index in [1.54, 1.807) is 6.20 Å². The van der Waals surface area contributed by atoms with Crippen LogP contribution in [0.2, 0.25) is 0 Å². The average molecular weight is 328 g/mol. The van der Waals surface area contributed by atoms with Gasteiger partial charge in [-0.2, -0.15) is 0 Å². The van der Waals surface area contributed by atoms with E-state index in [0.717, 1.165) is 28.8 Å². The minimum absolute atomic E-state index is 0.825. The second-order valence-corrected chi connectivity index (χ2v) is 5.36. The van der Waals surface area contributed by atoms with Gasteiger partial charge >= 0.3 is 0 Å². The fourth-order valence-corrected chi connectivity index (χ4v) is 2.60. The Bertz CT molecular complexity index is 722. The van der Waals surface area contributed by atoms with Crippen LogP contribution in [0.25, 0.3) is 10.9 Å². The summed E-state index contributed by atoms with van der Waals surface area (Å²) in [6.45, 7) is 0.825. The number of hydrogen-bond acceptors (Lipinski definition) is 3. The van der Waals surface area contributed by atoms with Crippen molar-refractivity contribution in [2.45, 2.75) is 6.42 Å². The first-order chi connectivity index (χ1) is 9.84. The second-order valence-electron chi connectivity index (χ2n) is 4.50. The molecule has 0 atom stereocenters. The van der Waals surface area contributed by atoms with E-state index in [9.17, 15) is 0 Å². The zero-order valence-electron chi connectivity index (χ0n) is 10.9. The predicted molar refractivity (Wildman–Crippen MR) is 85.9 cm³/mol. The van der Waals surface area contributed by atoms with Crippen LogP contribution in [-0.2, 0) is 6.42 Å². The molecule has 0 aliphatic heterocycles. The van der Waals surface area contributed by atoms with Crippen molar-refractivity contribution < 1.29 is 0 Å². The number of benzene rings is 1. The van der Waals surface area contributed by atoms with E-state index in [4.69, 9.17) is 0 Å². The molecule has 0 bridgehead atoms. The van der Waals surface area contributed by atoms with E-state index in [-0.39, 0.29) is 0 Å². The lowest BCUT2D eigenvalue weighted by molar-refractivity contribution is 1.01. The highest BCUT2D eigenvalue weighted by atomic mass is 79.9. The summed E-state index contributed by atoms with van der Waals surface area (Å²) >= 11 is 3.49. The molecule has 0 spiro atoms. The van der Waals surface area contributed by atoms with E-state index >= 15 is 0 Å². The lowest BCUT2D eigenvalue weighted by Crippen LogP contribution is -2.07. The standard InChI is InChI=1S/C16H14BrN3/c17-14-7-3-10-19-16(14)20-11-8-13-5-1-4-12-6-2-9-18-15(12)13/h1-7,9-10H,8,11H2,(H,19,20). The zero-order chi connectivity index (χ0) is 13.8. The van der Waals surface area contributed by atoms with Crippen LogP contribution in [0.3, 0.4) is 0 Å². The molecule has 1 aromatic carbocycles. The molecule has 100 valence electrons. The molecule has 0 saturated carbocycles. The SMILES string of the molecule is Brc1cccnc1NCCc1cccc2cccnc12. The molecule has 3 nitrogen and oxygen atoms in total. The number of anilines is 1. The third kappa shape index (κ3) is 2.80. The topological polar surface area (TPSA) is 37.8 Å². The van der Waals surface area contributed by atoms with Gasteiger partial charge in [-0.15, -0.1) is 0 Å². The van der Waals surface area contributed by atoms with E-state index in [2.05, 4.69) is 55.5 Å². The minimum atomic E-state index is 0.825. The van der Waals surface area contributed by atoms with Gasteiger partial charge in [0, 0.05) is 24.3 Å². The molecule has 0 amide bonds. The van der Waals surface area contributed by atoms with Gasteiger partial charge in [-0.05, 0) is 46.1 Å². The van der Waals surface area contributed by atoms with Crippen LogP contribution in [0, 0.1) is 0 Å². The van der Waals surface area contributed by atoms with E-state index < -0.39 is 0 Å². The molecule has 0 aliphatic rings. The maximum atomic E-state index is 4.47. The lowest BCUT2D eigenvalue weighted by Gasteiger charge is -2.08. The van der Waals surface area contributed by atoms with Crippen molar-refractivity contribution in [2.75, 3.05) is 11.9 Å². The van der Waals surface area contributed by atoms with Crippen LogP contribution in [0.4, 0.5) is 5.82 Å². The van der Waals surface area contributed by atoms with E-state index in [0.29, 0.717) is 0 Å². The Kier molecular flexibility index (Phi) is 3.92. The van der Waals surface area contributed by atoms with Crippen LogP contribution >= 0.6 is 15.9 Å². The largest absolute Gasteiger partial charge is 0.369 e. The molecule has 0 fully saturated rings. The summed E-state index contributed by atoms with van der Waals surface area (Å²) in [4.78, 5) is 8.77. The zero-order valence-corrected chi connectivity index (χ0v) is 12.5. The molecule has 0 saturated heterocycles. The summed E-state index contributed by atoms with van der Waals surface area (Å²) in [6.07, 6.45) is 4.54. The molecule has 0 radical (unpaired) electrons. The van der Waals surface area contributed by atoms with Gasteiger partial charge in [-0.1, -0.05) is 24.3 Å². The monoisotopic (exact) mass is 327 g/mol. The maximum absolute atomic E-state index is 4.47. The quantitative estimate of drug-likeness (QED) is 0.785. The summed E-state index contributed by atoms with van der Waals surface area (Å²) in [6, 6.07) is 14.2. The average Bonchev–Trinajstić information content (AvgIpc) is 2.49. The smallest absolute Gasteiger partial charge is 0.140 e. The predicted octanol–water partition coefficient (Wildman–Crippen LogP) is 4.05. The van der Waals surface area contributed by atoms with Crippen LogP contribution in [0.1, 0.15) is 5.56 Å². The van der Waals surface area contributed by atoms with Crippen LogP contribution < -0.4 is 5.32 Å². The summed E-state index contributed by atoms with van der Waals surface area (Å²) in [7, 11) is 0. The van der Waals surface area contributed by atoms with Gasteiger partial charge in [0.2, 0.25) is 0 Å². The Balaban J connectivity index is 1.73. The molecule has 1 N–H and O–H groups in total. The first-order valence-corrected chi connectivity index (χ1v) is 7.31. The van der Waals surface area contributed by atoms with Crippen molar-refractivity contribution in [1.82, 2.24) is 9.97 Å². The molecule has 2 heterocycles. The van der Waals surface area contributed by atoms with E-state index in [1.165, 1.54) is 10.9 Å². The van der Waals surface area contributed by atoms with Crippen molar-refractivity contribution in [3.8, 4) is 0 Å². The third-order valence-corrected chi connectivity index (χ3v) is 3.80. The van der Waals surface area contributed by atoms with Gasteiger partial charge in [0.15, 0.2) is 0 Å². The normalized spacial score (nSPS) is 10.7. The molecule has 4 heteroatoms. The van der Waals surface area contributed by atoms with Crippen molar-refractivity contribution in [3.63, 3.8) is 0 Å². The molecule has 0 aliphatic carbocycles.